The molecule has 0 saturated heterocycles. The first-order chi connectivity index (χ1) is 14.8. The van der Waals surface area contributed by atoms with Crippen molar-refractivity contribution in [2.45, 2.75) is 6.92 Å². The highest BCUT2D eigenvalue weighted by atomic mass is 35.5. The lowest BCUT2D eigenvalue weighted by Gasteiger charge is -2.11. The fourth-order valence-electron chi connectivity index (χ4n) is 2.72. The van der Waals surface area contributed by atoms with Crippen LogP contribution in [0.4, 0.5) is 4.39 Å². The lowest BCUT2D eigenvalue weighted by Crippen LogP contribution is -2.27. The van der Waals surface area contributed by atoms with Crippen molar-refractivity contribution in [2.75, 3.05) is 20.7 Å². The van der Waals surface area contributed by atoms with Crippen LogP contribution in [0.15, 0.2) is 54.6 Å². The van der Waals surface area contributed by atoms with Crippen molar-refractivity contribution < 1.29 is 18.7 Å². The molecule has 0 aliphatic heterocycles. The Morgan fingerprint density at radius 2 is 1.90 bits per heavy atom. The molecule has 1 amide bonds. The number of carbonyl (C=O) groups excluding carboxylic acids is 2. The second-order valence-corrected chi connectivity index (χ2v) is 7.34. The van der Waals surface area contributed by atoms with Crippen LogP contribution in [-0.4, -0.2) is 47.1 Å². The Balaban J connectivity index is 1.76. The number of aryl methyl sites for hydroxylation is 1. The molecular formula is C23H21ClFN3O3. The number of likely N-dealkylation sites (N-methyl/N-ethyl adjacent to an activating group) is 1. The number of benzene rings is 2. The summed E-state index contributed by atoms with van der Waals surface area (Å²) in [6, 6.07) is 12.4. The third kappa shape index (κ3) is 5.38. The molecule has 0 fully saturated rings. The molecule has 0 spiro atoms. The lowest BCUT2D eigenvalue weighted by molar-refractivity contribution is -0.130. The van der Waals surface area contributed by atoms with Crippen LogP contribution in [0, 0.1) is 12.7 Å². The molecule has 8 heteroatoms. The Morgan fingerprint density at radius 1 is 1.19 bits per heavy atom. The van der Waals surface area contributed by atoms with E-state index in [1.54, 1.807) is 63.5 Å². The van der Waals surface area contributed by atoms with E-state index in [0.29, 0.717) is 33.4 Å². The van der Waals surface area contributed by atoms with E-state index in [2.05, 4.69) is 5.10 Å². The summed E-state index contributed by atoms with van der Waals surface area (Å²) in [5.74, 6) is -0.367. The molecule has 160 valence electrons. The number of rotatable bonds is 7. The number of ketones is 1. The molecule has 3 rings (SSSR count). The number of hydrogen-bond acceptors (Lipinski definition) is 4. The summed E-state index contributed by atoms with van der Waals surface area (Å²) in [6.45, 7) is 1.66. The number of ether oxygens (including phenoxy) is 1. The summed E-state index contributed by atoms with van der Waals surface area (Å²) in [6.07, 6.45) is 2.99. The molecule has 0 N–H and O–H groups in total. The van der Waals surface area contributed by atoms with Gasteiger partial charge in [-0.3, -0.25) is 9.59 Å². The van der Waals surface area contributed by atoms with Gasteiger partial charge in [-0.1, -0.05) is 23.7 Å². The second-order valence-electron chi connectivity index (χ2n) is 6.98. The highest BCUT2D eigenvalue weighted by molar-refractivity contribution is 6.31. The Bertz CT molecular complexity index is 1140. The monoisotopic (exact) mass is 441 g/mol. The van der Waals surface area contributed by atoms with Crippen molar-refractivity contribution in [2.24, 2.45) is 0 Å². The molecule has 0 radical (unpaired) electrons. The van der Waals surface area contributed by atoms with Gasteiger partial charge >= 0.3 is 0 Å². The van der Waals surface area contributed by atoms with Crippen LogP contribution in [0.2, 0.25) is 5.15 Å². The fraction of sp³-hybridized carbons (Fsp3) is 0.174. The average Bonchev–Trinajstić information content (AvgIpc) is 3.04. The van der Waals surface area contributed by atoms with E-state index in [-0.39, 0.29) is 24.1 Å². The summed E-state index contributed by atoms with van der Waals surface area (Å²) in [5, 5.41) is 4.69. The number of hydrogen-bond donors (Lipinski definition) is 0. The summed E-state index contributed by atoms with van der Waals surface area (Å²) in [5.41, 5.74) is 2.23. The van der Waals surface area contributed by atoms with E-state index < -0.39 is 0 Å². The van der Waals surface area contributed by atoms with E-state index in [0.717, 1.165) is 0 Å². The van der Waals surface area contributed by atoms with Gasteiger partial charge in [-0.2, -0.15) is 5.10 Å². The zero-order valence-electron chi connectivity index (χ0n) is 17.3. The zero-order chi connectivity index (χ0) is 22.5. The van der Waals surface area contributed by atoms with Gasteiger partial charge in [-0.05, 0) is 55.5 Å². The topological polar surface area (TPSA) is 64.4 Å². The first kappa shape index (κ1) is 22.2. The predicted octanol–water partition coefficient (Wildman–Crippen LogP) is 4.34. The quantitative estimate of drug-likeness (QED) is 0.404. The van der Waals surface area contributed by atoms with Gasteiger partial charge in [0.1, 0.15) is 16.7 Å². The molecule has 0 unspecified atom stereocenters. The summed E-state index contributed by atoms with van der Waals surface area (Å²) in [4.78, 5) is 25.7. The van der Waals surface area contributed by atoms with Crippen LogP contribution in [0.1, 0.15) is 21.6 Å². The third-order valence-corrected chi connectivity index (χ3v) is 4.86. The van der Waals surface area contributed by atoms with E-state index in [9.17, 15) is 14.0 Å². The number of halogens is 2. The number of aromatic nitrogens is 2. The highest BCUT2D eigenvalue weighted by Gasteiger charge is 2.14. The molecule has 0 bridgehead atoms. The van der Waals surface area contributed by atoms with E-state index in [1.165, 1.54) is 27.8 Å². The molecule has 0 atom stereocenters. The summed E-state index contributed by atoms with van der Waals surface area (Å²) >= 11 is 6.44. The van der Waals surface area contributed by atoms with Crippen LogP contribution < -0.4 is 4.74 Å². The number of amides is 1. The molecule has 3 aromatic rings. The Kier molecular flexibility index (Phi) is 6.87. The van der Waals surface area contributed by atoms with Crippen LogP contribution >= 0.6 is 11.6 Å². The summed E-state index contributed by atoms with van der Waals surface area (Å²) < 4.78 is 20.1. The van der Waals surface area contributed by atoms with Crippen molar-refractivity contribution >= 4 is 29.4 Å². The van der Waals surface area contributed by atoms with Crippen LogP contribution in [0.3, 0.4) is 0 Å². The van der Waals surface area contributed by atoms with Crippen LogP contribution in [0.5, 0.6) is 5.75 Å². The Morgan fingerprint density at radius 3 is 2.58 bits per heavy atom. The average molecular weight is 442 g/mol. The summed E-state index contributed by atoms with van der Waals surface area (Å²) in [7, 11) is 3.28. The molecule has 1 heterocycles. The molecule has 1 aromatic heterocycles. The predicted molar refractivity (Wildman–Crippen MR) is 117 cm³/mol. The molecule has 0 saturated carbocycles. The molecule has 0 aliphatic rings. The van der Waals surface area contributed by atoms with Gasteiger partial charge in [-0.25, -0.2) is 9.07 Å². The number of carbonyl (C=O) groups is 2. The zero-order valence-corrected chi connectivity index (χ0v) is 18.1. The fourth-order valence-corrected chi connectivity index (χ4v) is 3.06. The standard InChI is InChI=1S/C23H21ClFN3O3/c1-15-20(23(24)28(26-15)18-9-7-17(25)8-10-18)11-12-21(29)16-5-4-6-19(13-16)31-14-22(30)27(2)3/h4-13H,14H2,1-3H3. The van der Waals surface area contributed by atoms with E-state index in [1.807, 2.05) is 0 Å². The number of allylic oxidation sites excluding steroid dienone is 1. The van der Waals surface area contributed by atoms with Gasteiger partial charge in [-0.15, -0.1) is 0 Å². The lowest BCUT2D eigenvalue weighted by atomic mass is 10.1. The SMILES string of the molecule is Cc1nn(-c2ccc(F)cc2)c(Cl)c1C=CC(=O)c1cccc(OCC(=O)N(C)C)c1. The number of nitrogens with zero attached hydrogens (tertiary/aromatic N) is 3. The largest absolute Gasteiger partial charge is 0.484 e. The van der Waals surface area contributed by atoms with Crippen molar-refractivity contribution in [3.05, 3.63) is 82.4 Å². The molecule has 6 nitrogen and oxygen atoms in total. The minimum absolute atomic E-state index is 0.113. The van der Waals surface area contributed by atoms with Gasteiger partial charge in [0.05, 0.1) is 11.4 Å². The van der Waals surface area contributed by atoms with Gasteiger partial charge in [0.25, 0.3) is 5.91 Å². The first-order valence-electron chi connectivity index (χ1n) is 9.42. The maximum atomic E-state index is 13.2. The van der Waals surface area contributed by atoms with Gasteiger partial charge in [0.2, 0.25) is 0 Å². The Labute approximate surface area is 184 Å². The minimum Gasteiger partial charge on any atom is -0.484 e. The normalized spacial score (nSPS) is 11.0. The van der Waals surface area contributed by atoms with Crippen LogP contribution in [-0.2, 0) is 4.79 Å². The maximum absolute atomic E-state index is 13.2. The van der Waals surface area contributed by atoms with E-state index >= 15 is 0 Å². The third-order valence-electron chi connectivity index (χ3n) is 4.50. The molecule has 0 aliphatic carbocycles. The first-order valence-corrected chi connectivity index (χ1v) is 9.80. The smallest absolute Gasteiger partial charge is 0.259 e. The van der Waals surface area contributed by atoms with Crippen LogP contribution in [0.25, 0.3) is 11.8 Å². The second kappa shape index (κ2) is 9.57. The van der Waals surface area contributed by atoms with Crippen molar-refractivity contribution in [3.8, 4) is 11.4 Å². The maximum Gasteiger partial charge on any atom is 0.259 e. The van der Waals surface area contributed by atoms with Gasteiger partial charge < -0.3 is 9.64 Å². The molecular weight excluding hydrogens is 421 g/mol. The highest BCUT2D eigenvalue weighted by Crippen LogP contribution is 2.25. The van der Waals surface area contributed by atoms with Gasteiger partial charge in [0, 0.05) is 25.2 Å². The van der Waals surface area contributed by atoms with Crippen molar-refractivity contribution in [1.29, 1.82) is 0 Å². The van der Waals surface area contributed by atoms with Crippen molar-refractivity contribution in [3.63, 3.8) is 0 Å². The Hall–Kier alpha value is -3.45. The minimum atomic E-state index is -0.355. The van der Waals surface area contributed by atoms with E-state index in [4.69, 9.17) is 16.3 Å². The molecule has 31 heavy (non-hydrogen) atoms. The molecule has 2 aromatic carbocycles. The van der Waals surface area contributed by atoms with Gasteiger partial charge in [0.15, 0.2) is 12.4 Å². The van der Waals surface area contributed by atoms with Crippen molar-refractivity contribution in [1.82, 2.24) is 14.7 Å².